The topological polar surface area (TPSA) is 68.2 Å². The molecule has 1 aromatic carbocycles. The van der Waals surface area contributed by atoms with E-state index in [1.807, 2.05) is 0 Å². The highest BCUT2D eigenvalue weighted by molar-refractivity contribution is 7.91. The van der Waals surface area contributed by atoms with Gasteiger partial charge in [0, 0.05) is 24.5 Å². The monoisotopic (exact) mass is 336 g/mol. The molecular weight excluding hydrogens is 319 g/mol. The van der Waals surface area contributed by atoms with Crippen molar-refractivity contribution in [2.75, 3.05) is 16.8 Å². The van der Waals surface area contributed by atoms with Crippen LogP contribution in [-0.2, 0) is 14.6 Å². The second-order valence-corrected chi connectivity index (χ2v) is 8.01. The number of anilines is 1. The molecule has 1 aliphatic rings. The van der Waals surface area contributed by atoms with Crippen molar-refractivity contribution in [3.05, 3.63) is 48.5 Å². The number of hydrogen-bond donors (Lipinski definition) is 1. The number of nitrogens with zero attached hydrogens (tertiary/aromatic N) is 1. The molecule has 0 spiro atoms. The molecular formula is C16H17FN2O3S. The van der Waals surface area contributed by atoms with Crippen LogP contribution in [0.1, 0.15) is 12.8 Å². The Morgan fingerprint density at radius 3 is 2.70 bits per heavy atom. The van der Waals surface area contributed by atoms with Gasteiger partial charge in [-0.2, -0.15) is 0 Å². The lowest BCUT2D eigenvalue weighted by Crippen LogP contribution is -2.17. The van der Waals surface area contributed by atoms with Gasteiger partial charge < -0.3 is 9.88 Å². The van der Waals surface area contributed by atoms with Crippen LogP contribution in [0.15, 0.2) is 42.7 Å². The minimum Gasteiger partial charge on any atom is -0.326 e. The highest BCUT2D eigenvalue weighted by Gasteiger charge is 2.29. The summed E-state index contributed by atoms with van der Waals surface area (Å²) in [6.45, 7) is 0. The van der Waals surface area contributed by atoms with E-state index in [0.717, 1.165) is 0 Å². The summed E-state index contributed by atoms with van der Waals surface area (Å²) in [5, 5.41) is 2.71. The van der Waals surface area contributed by atoms with Crippen molar-refractivity contribution in [3.8, 4) is 5.69 Å². The first-order chi connectivity index (χ1) is 10.9. The summed E-state index contributed by atoms with van der Waals surface area (Å²) in [5.41, 5.74) is 0.831. The predicted molar refractivity (Wildman–Crippen MR) is 85.7 cm³/mol. The Labute approximate surface area is 134 Å². The van der Waals surface area contributed by atoms with Crippen LogP contribution < -0.4 is 5.32 Å². The van der Waals surface area contributed by atoms with Crippen LogP contribution in [0, 0.1) is 11.7 Å². The summed E-state index contributed by atoms with van der Waals surface area (Å²) < 4.78 is 38.3. The van der Waals surface area contributed by atoms with Gasteiger partial charge in [-0.1, -0.05) is 0 Å². The van der Waals surface area contributed by atoms with Gasteiger partial charge in [0.1, 0.15) is 5.82 Å². The molecule has 3 rings (SSSR count). The Bertz CT molecular complexity index is 816. The van der Waals surface area contributed by atoms with E-state index in [1.165, 1.54) is 12.1 Å². The Balaban J connectivity index is 1.68. The molecule has 0 saturated carbocycles. The average molecular weight is 336 g/mol. The van der Waals surface area contributed by atoms with Crippen molar-refractivity contribution in [3.63, 3.8) is 0 Å². The first-order valence-corrected chi connectivity index (χ1v) is 9.18. The van der Waals surface area contributed by atoms with Crippen LogP contribution in [0.2, 0.25) is 0 Å². The lowest BCUT2D eigenvalue weighted by Gasteiger charge is -2.11. The van der Waals surface area contributed by atoms with Crippen LogP contribution in [-0.4, -0.2) is 30.4 Å². The third-order valence-corrected chi connectivity index (χ3v) is 5.75. The third-order valence-electron chi connectivity index (χ3n) is 3.91. The lowest BCUT2D eigenvalue weighted by atomic mass is 10.0. The zero-order valence-electron chi connectivity index (χ0n) is 12.4. The number of carbonyl (C=O) groups excluding carboxylic acids is 1. The van der Waals surface area contributed by atoms with Gasteiger partial charge in [0.2, 0.25) is 5.91 Å². The van der Waals surface area contributed by atoms with Crippen molar-refractivity contribution in [2.24, 2.45) is 5.92 Å². The van der Waals surface area contributed by atoms with E-state index in [2.05, 4.69) is 5.32 Å². The Morgan fingerprint density at radius 1 is 1.30 bits per heavy atom. The second-order valence-electron chi connectivity index (χ2n) is 5.78. The van der Waals surface area contributed by atoms with Gasteiger partial charge in [-0.3, -0.25) is 4.79 Å². The molecule has 1 atom stereocenters. The van der Waals surface area contributed by atoms with E-state index < -0.39 is 9.84 Å². The normalized spacial score (nSPS) is 19.6. The van der Waals surface area contributed by atoms with Gasteiger partial charge in [-0.05, 0) is 42.7 Å². The SMILES string of the molecule is O=C(C[C@@H]1CCS(=O)(=O)C1)Nc1ccc(F)c(-n2cccc2)c1. The molecule has 23 heavy (non-hydrogen) atoms. The van der Waals surface area contributed by atoms with Crippen molar-refractivity contribution >= 4 is 21.4 Å². The molecule has 1 amide bonds. The maximum absolute atomic E-state index is 13.9. The quantitative estimate of drug-likeness (QED) is 0.932. The van der Waals surface area contributed by atoms with Crippen LogP contribution >= 0.6 is 0 Å². The summed E-state index contributed by atoms with van der Waals surface area (Å²) >= 11 is 0. The number of rotatable bonds is 4. The lowest BCUT2D eigenvalue weighted by molar-refractivity contribution is -0.116. The maximum Gasteiger partial charge on any atom is 0.224 e. The molecule has 0 radical (unpaired) electrons. The van der Waals surface area contributed by atoms with Gasteiger partial charge >= 0.3 is 0 Å². The Morgan fingerprint density at radius 2 is 2.04 bits per heavy atom. The number of amides is 1. The van der Waals surface area contributed by atoms with Gasteiger partial charge in [0.25, 0.3) is 0 Å². The fourth-order valence-corrected chi connectivity index (χ4v) is 4.65. The molecule has 5 nitrogen and oxygen atoms in total. The molecule has 1 aromatic heterocycles. The number of halogens is 1. The summed E-state index contributed by atoms with van der Waals surface area (Å²) in [4.78, 5) is 12.1. The average Bonchev–Trinajstić information content (AvgIpc) is 3.11. The summed E-state index contributed by atoms with van der Waals surface area (Å²) in [6.07, 6.45) is 4.12. The Hall–Kier alpha value is -2.15. The highest BCUT2D eigenvalue weighted by Crippen LogP contribution is 2.23. The molecule has 0 unspecified atom stereocenters. The zero-order valence-corrected chi connectivity index (χ0v) is 13.2. The molecule has 122 valence electrons. The van der Waals surface area contributed by atoms with E-state index in [0.29, 0.717) is 17.8 Å². The third kappa shape index (κ3) is 3.79. The molecule has 1 aliphatic heterocycles. The first-order valence-electron chi connectivity index (χ1n) is 7.36. The van der Waals surface area contributed by atoms with Crippen molar-refractivity contribution in [1.82, 2.24) is 4.57 Å². The highest BCUT2D eigenvalue weighted by atomic mass is 32.2. The predicted octanol–water partition coefficient (Wildman–Crippen LogP) is 2.38. The smallest absolute Gasteiger partial charge is 0.224 e. The van der Waals surface area contributed by atoms with E-state index in [-0.39, 0.29) is 35.6 Å². The van der Waals surface area contributed by atoms with Crippen molar-refractivity contribution in [1.29, 1.82) is 0 Å². The summed E-state index contributed by atoms with van der Waals surface area (Å²) in [5.74, 6) is -0.555. The molecule has 1 saturated heterocycles. The zero-order chi connectivity index (χ0) is 16.4. The van der Waals surface area contributed by atoms with E-state index >= 15 is 0 Å². The van der Waals surface area contributed by atoms with Crippen molar-refractivity contribution < 1.29 is 17.6 Å². The van der Waals surface area contributed by atoms with E-state index in [1.54, 1.807) is 35.2 Å². The molecule has 7 heteroatoms. The molecule has 1 fully saturated rings. The number of hydrogen-bond acceptors (Lipinski definition) is 3. The van der Waals surface area contributed by atoms with Gasteiger partial charge in [-0.15, -0.1) is 0 Å². The first kappa shape index (κ1) is 15.7. The number of nitrogens with one attached hydrogen (secondary N) is 1. The minimum absolute atomic E-state index is 0.0679. The molecule has 0 bridgehead atoms. The Kier molecular flexibility index (Phi) is 4.21. The van der Waals surface area contributed by atoms with Crippen LogP contribution in [0.25, 0.3) is 5.69 Å². The van der Waals surface area contributed by atoms with E-state index in [4.69, 9.17) is 0 Å². The van der Waals surface area contributed by atoms with Crippen LogP contribution in [0.3, 0.4) is 0 Å². The standard InChI is InChI=1S/C16H17FN2O3S/c17-14-4-3-13(10-15(14)19-6-1-2-7-19)18-16(20)9-12-5-8-23(21,22)11-12/h1-4,6-7,10,12H,5,8-9,11H2,(H,18,20)/t12-/m0/s1. The number of benzene rings is 1. The number of sulfone groups is 1. The molecule has 2 heterocycles. The summed E-state index contributed by atoms with van der Waals surface area (Å²) in [6, 6.07) is 7.91. The molecule has 1 N–H and O–H groups in total. The molecule has 2 aromatic rings. The van der Waals surface area contributed by atoms with Crippen LogP contribution in [0.4, 0.5) is 10.1 Å². The fourth-order valence-electron chi connectivity index (χ4n) is 2.79. The largest absolute Gasteiger partial charge is 0.326 e. The number of carbonyl (C=O) groups is 1. The fraction of sp³-hybridized carbons (Fsp3) is 0.312. The maximum atomic E-state index is 13.9. The second kappa shape index (κ2) is 6.16. The van der Waals surface area contributed by atoms with Gasteiger partial charge in [0.05, 0.1) is 17.2 Å². The van der Waals surface area contributed by atoms with Gasteiger partial charge in [0.15, 0.2) is 9.84 Å². The van der Waals surface area contributed by atoms with Gasteiger partial charge in [-0.25, -0.2) is 12.8 Å². The van der Waals surface area contributed by atoms with E-state index in [9.17, 15) is 17.6 Å². The molecule has 0 aliphatic carbocycles. The van der Waals surface area contributed by atoms with Crippen LogP contribution in [0.5, 0.6) is 0 Å². The van der Waals surface area contributed by atoms with Crippen molar-refractivity contribution in [2.45, 2.75) is 12.8 Å². The minimum atomic E-state index is -2.99. The number of aromatic nitrogens is 1. The summed E-state index contributed by atoms with van der Waals surface area (Å²) in [7, 11) is -2.99.